The minimum Gasteiger partial charge on any atom is -0.481 e. The second-order valence-corrected chi connectivity index (χ2v) is 2.01. The molecule has 0 unspecified atom stereocenters. The minimum absolute atomic E-state index is 0.0334. The zero-order valence-corrected chi connectivity index (χ0v) is 6.04. The number of carbonyl (C=O) groups excluding carboxylic acids is 1. The van der Waals surface area contributed by atoms with Crippen LogP contribution >= 0.6 is 0 Å². The van der Waals surface area contributed by atoms with E-state index in [1.165, 1.54) is 0 Å². The van der Waals surface area contributed by atoms with Gasteiger partial charge >= 0.3 is 5.97 Å². The van der Waals surface area contributed by atoms with E-state index < -0.39 is 18.5 Å². The Bertz CT molecular complexity index is 146. The van der Waals surface area contributed by atoms with Crippen LogP contribution in [-0.4, -0.2) is 35.2 Å². The monoisotopic (exact) mass is 161 g/mol. The highest BCUT2D eigenvalue weighted by Gasteiger charge is 1.98. The number of carboxylic acid groups (broad SMARTS) is 1. The minimum atomic E-state index is -0.886. The molecule has 5 nitrogen and oxygen atoms in total. The summed E-state index contributed by atoms with van der Waals surface area (Å²) in [6, 6.07) is 0. The number of hydrogen-bond donors (Lipinski definition) is 3. The van der Waals surface area contributed by atoms with Crippen molar-refractivity contribution >= 4 is 11.9 Å². The molecular formula is C6H11NO4. The van der Waals surface area contributed by atoms with E-state index in [9.17, 15) is 9.59 Å². The van der Waals surface area contributed by atoms with Crippen LogP contribution in [0.5, 0.6) is 0 Å². The average molecular weight is 161 g/mol. The van der Waals surface area contributed by atoms with Crippen molar-refractivity contribution in [2.45, 2.75) is 12.8 Å². The Hall–Kier alpha value is -1.10. The molecule has 0 rings (SSSR count). The van der Waals surface area contributed by atoms with Crippen molar-refractivity contribution in [3.05, 3.63) is 0 Å². The zero-order valence-electron chi connectivity index (χ0n) is 6.04. The number of amides is 1. The van der Waals surface area contributed by atoms with Crippen molar-refractivity contribution in [1.82, 2.24) is 5.32 Å². The van der Waals surface area contributed by atoms with Crippen molar-refractivity contribution in [3.8, 4) is 0 Å². The summed E-state index contributed by atoms with van der Waals surface area (Å²) >= 11 is 0. The number of carboxylic acids is 1. The Labute approximate surface area is 64.0 Å². The number of carbonyl (C=O) groups is 2. The van der Waals surface area contributed by atoms with E-state index in [-0.39, 0.29) is 6.42 Å². The predicted octanol–water partition coefficient (Wildman–Crippen LogP) is -1.04. The van der Waals surface area contributed by atoms with E-state index in [1.54, 1.807) is 0 Å². The second-order valence-electron chi connectivity index (χ2n) is 2.01. The molecule has 0 aromatic heterocycles. The van der Waals surface area contributed by atoms with Crippen LogP contribution in [0.2, 0.25) is 0 Å². The van der Waals surface area contributed by atoms with Gasteiger partial charge in [0.05, 0.1) is 0 Å². The Balaban J connectivity index is 3.14. The van der Waals surface area contributed by atoms with E-state index in [2.05, 4.69) is 5.32 Å². The van der Waals surface area contributed by atoms with Gasteiger partial charge in [0.15, 0.2) is 0 Å². The fourth-order valence-electron chi connectivity index (χ4n) is 0.523. The highest BCUT2D eigenvalue weighted by molar-refractivity contribution is 5.76. The molecule has 0 radical (unpaired) electrons. The fraction of sp³-hybridized carbons (Fsp3) is 0.667. The summed E-state index contributed by atoms with van der Waals surface area (Å²) in [6.45, 7) is -0.251. The van der Waals surface area contributed by atoms with Crippen LogP contribution in [0, 0.1) is 0 Å². The van der Waals surface area contributed by atoms with E-state index in [4.69, 9.17) is 10.2 Å². The number of aliphatic hydroxyl groups excluding tert-OH is 1. The SMILES string of the molecule is O=C(O)CCCNC(=O)CO. The van der Waals surface area contributed by atoms with E-state index in [0.717, 1.165) is 0 Å². The smallest absolute Gasteiger partial charge is 0.303 e. The van der Waals surface area contributed by atoms with E-state index in [1.807, 2.05) is 0 Å². The lowest BCUT2D eigenvalue weighted by molar-refractivity contribution is -0.137. The molecule has 0 bridgehead atoms. The van der Waals surface area contributed by atoms with Crippen LogP contribution in [0.3, 0.4) is 0 Å². The van der Waals surface area contributed by atoms with Crippen LogP contribution in [-0.2, 0) is 9.59 Å². The molecule has 0 aromatic rings. The molecule has 64 valence electrons. The normalized spacial score (nSPS) is 9.18. The van der Waals surface area contributed by atoms with Gasteiger partial charge in [-0.3, -0.25) is 9.59 Å². The molecule has 0 aliphatic carbocycles. The summed E-state index contributed by atoms with van der Waals surface area (Å²) in [4.78, 5) is 20.3. The standard InChI is InChI=1S/C6H11NO4/c8-4-5(9)7-3-1-2-6(10)11/h8H,1-4H2,(H,7,9)(H,10,11). The van der Waals surface area contributed by atoms with Gasteiger partial charge in [0, 0.05) is 13.0 Å². The number of aliphatic hydroxyl groups is 1. The summed E-state index contributed by atoms with van der Waals surface area (Å²) in [5.74, 6) is -1.36. The lowest BCUT2D eigenvalue weighted by Crippen LogP contribution is -2.27. The zero-order chi connectivity index (χ0) is 8.69. The average Bonchev–Trinajstić information content (AvgIpc) is 1.97. The number of hydrogen-bond acceptors (Lipinski definition) is 3. The topological polar surface area (TPSA) is 86.6 Å². The van der Waals surface area contributed by atoms with Gasteiger partial charge in [-0.25, -0.2) is 0 Å². The summed E-state index contributed by atoms with van der Waals surface area (Å²) in [5.41, 5.74) is 0. The maximum absolute atomic E-state index is 10.3. The predicted molar refractivity (Wildman–Crippen MR) is 37.0 cm³/mol. The molecule has 11 heavy (non-hydrogen) atoms. The first-order valence-electron chi connectivity index (χ1n) is 3.26. The summed E-state index contributed by atoms with van der Waals surface area (Å²) in [6.07, 6.45) is 0.423. The van der Waals surface area contributed by atoms with Gasteiger partial charge < -0.3 is 15.5 Å². The van der Waals surface area contributed by atoms with E-state index >= 15 is 0 Å². The quantitative estimate of drug-likeness (QED) is 0.449. The Morgan fingerprint density at radius 2 is 2.00 bits per heavy atom. The molecule has 0 spiro atoms. The summed E-state index contributed by atoms with van der Waals surface area (Å²) < 4.78 is 0. The molecule has 1 amide bonds. The van der Waals surface area contributed by atoms with Gasteiger partial charge in [-0.2, -0.15) is 0 Å². The Morgan fingerprint density at radius 1 is 1.36 bits per heavy atom. The lowest BCUT2D eigenvalue weighted by atomic mass is 10.3. The van der Waals surface area contributed by atoms with Crippen molar-refractivity contribution in [3.63, 3.8) is 0 Å². The molecule has 0 saturated heterocycles. The molecule has 0 fully saturated rings. The van der Waals surface area contributed by atoms with Gasteiger partial charge in [-0.15, -0.1) is 0 Å². The van der Waals surface area contributed by atoms with Crippen molar-refractivity contribution in [2.75, 3.05) is 13.2 Å². The summed E-state index contributed by atoms with van der Waals surface area (Å²) in [5, 5.41) is 18.7. The Morgan fingerprint density at radius 3 is 2.45 bits per heavy atom. The molecule has 0 aliphatic rings. The van der Waals surface area contributed by atoms with Gasteiger partial charge in [0.25, 0.3) is 0 Å². The van der Waals surface area contributed by atoms with Crippen LogP contribution < -0.4 is 5.32 Å². The maximum atomic E-state index is 10.3. The number of nitrogens with one attached hydrogen (secondary N) is 1. The highest BCUT2D eigenvalue weighted by Crippen LogP contribution is 1.85. The highest BCUT2D eigenvalue weighted by atomic mass is 16.4. The van der Waals surface area contributed by atoms with Crippen molar-refractivity contribution in [1.29, 1.82) is 0 Å². The van der Waals surface area contributed by atoms with Crippen LogP contribution in [0.1, 0.15) is 12.8 Å². The van der Waals surface area contributed by atoms with E-state index in [0.29, 0.717) is 13.0 Å². The van der Waals surface area contributed by atoms with Gasteiger partial charge in [0.2, 0.25) is 5.91 Å². The van der Waals surface area contributed by atoms with Crippen molar-refractivity contribution < 1.29 is 19.8 Å². The largest absolute Gasteiger partial charge is 0.481 e. The van der Waals surface area contributed by atoms with Gasteiger partial charge in [-0.1, -0.05) is 0 Å². The van der Waals surface area contributed by atoms with Crippen LogP contribution in [0.25, 0.3) is 0 Å². The van der Waals surface area contributed by atoms with Crippen LogP contribution in [0.4, 0.5) is 0 Å². The van der Waals surface area contributed by atoms with Crippen molar-refractivity contribution in [2.24, 2.45) is 0 Å². The molecule has 3 N–H and O–H groups in total. The molecule has 0 aliphatic heterocycles. The third-order valence-corrected chi connectivity index (χ3v) is 1.03. The molecule has 0 saturated carbocycles. The molecule has 0 aromatic carbocycles. The number of aliphatic carboxylic acids is 1. The maximum Gasteiger partial charge on any atom is 0.303 e. The fourth-order valence-corrected chi connectivity index (χ4v) is 0.523. The summed E-state index contributed by atoms with van der Waals surface area (Å²) in [7, 11) is 0. The second kappa shape index (κ2) is 5.67. The molecular weight excluding hydrogens is 150 g/mol. The first-order valence-corrected chi connectivity index (χ1v) is 3.26. The Kier molecular flexibility index (Phi) is 5.10. The first kappa shape index (κ1) is 9.90. The van der Waals surface area contributed by atoms with Gasteiger partial charge in [-0.05, 0) is 6.42 Å². The third-order valence-electron chi connectivity index (χ3n) is 1.03. The molecule has 5 heteroatoms. The first-order chi connectivity index (χ1) is 5.16. The third kappa shape index (κ3) is 6.79. The van der Waals surface area contributed by atoms with Crippen LogP contribution in [0.15, 0.2) is 0 Å². The molecule has 0 atom stereocenters. The molecule has 0 heterocycles. The number of rotatable bonds is 5. The lowest BCUT2D eigenvalue weighted by Gasteiger charge is -1.99. The van der Waals surface area contributed by atoms with Gasteiger partial charge in [0.1, 0.15) is 6.61 Å².